The second kappa shape index (κ2) is 8.95. The molecule has 0 unspecified atom stereocenters. The minimum absolute atomic E-state index is 0.0181. The lowest BCUT2D eigenvalue weighted by atomic mass is 9.68. The van der Waals surface area contributed by atoms with E-state index in [1.807, 2.05) is 19.9 Å². The molecule has 0 aliphatic heterocycles. The molecule has 126 valence electrons. The summed E-state index contributed by atoms with van der Waals surface area (Å²) in [6.45, 7) is 7.52. The molecule has 24 heavy (non-hydrogen) atoms. The normalized spacial score (nSPS) is 19.7. The van der Waals surface area contributed by atoms with E-state index in [9.17, 15) is 15.3 Å². The van der Waals surface area contributed by atoms with Gasteiger partial charge in [-0.25, -0.2) is 0 Å². The van der Waals surface area contributed by atoms with Gasteiger partial charge in [0.15, 0.2) is 12.0 Å². The van der Waals surface area contributed by atoms with Crippen LogP contribution >= 0.6 is 0 Å². The quantitative estimate of drug-likeness (QED) is 0.446. The van der Waals surface area contributed by atoms with Crippen molar-refractivity contribution >= 4 is 5.97 Å². The van der Waals surface area contributed by atoms with Gasteiger partial charge >= 0.3 is 5.97 Å². The van der Waals surface area contributed by atoms with Crippen LogP contribution in [-0.2, 0) is 9.53 Å². The van der Waals surface area contributed by atoms with Crippen molar-refractivity contribution in [2.75, 3.05) is 6.61 Å². The van der Waals surface area contributed by atoms with Gasteiger partial charge in [0.1, 0.15) is 0 Å². The van der Waals surface area contributed by atoms with Crippen molar-refractivity contribution in [1.29, 1.82) is 10.5 Å². The van der Waals surface area contributed by atoms with E-state index in [1.54, 1.807) is 0 Å². The van der Waals surface area contributed by atoms with Crippen molar-refractivity contribution in [3.05, 3.63) is 23.3 Å². The number of rotatable bonds is 4. The second-order valence-corrected chi connectivity index (χ2v) is 6.53. The van der Waals surface area contributed by atoms with Crippen molar-refractivity contribution in [3.8, 4) is 24.0 Å². The highest BCUT2D eigenvalue weighted by Crippen LogP contribution is 2.42. The first-order valence-corrected chi connectivity index (χ1v) is 8.11. The Balaban J connectivity index is 3.08. The van der Waals surface area contributed by atoms with Crippen LogP contribution < -0.4 is 0 Å². The van der Waals surface area contributed by atoms with E-state index >= 15 is 0 Å². The summed E-state index contributed by atoms with van der Waals surface area (Å²) in [7, 11) is 0. The molecule has 0 aromatic heterocycles. The summed E-state index contributed by atoms with van der Waals surface area (Å²) < 4.78 is 4.75. The Labute approximate surface area is 144 Å². The Morgan fingerprint density at radius 2 is 2.00 bits per heavy atom. The van der Waals surface area contributed by atoms with Gasteiger partial charge in [0, 0.05) is 19.3 Å². The lowest BCUT2D eigenvalue weighted by Gasteiger charge is -2.32. The van der Waals surface area contributed by atoms with E-state index in [0.717, 1.165) is 18.4 Å². The summed E-state index contributed by atoms with van der Waals surface area (Å²) in [5.74, 6) is 5.76. The van der Waals surface area contributed by atoms with Crippen LogP contribution in [0.4, 0.5) is 0 Å². The molecule has 4 nitrogen and oxygen atoms in total. The van der Waals surface area contributed by atoms with Crippen LogP contribution in [0.25, 0.3) is 0 Å². The first-order chi connectivity index (χ1) is 11.3. The van der Waals surface area contributed by atoms with Crippen molar-refractivity contribution in [2.45, 2.75) is 47.0 Å². The van der Waals surface area contributed by atoms with Crippen LogP contribution in [0.5, 0.6) is 0 Å². The summed E-state index contributed by atoms with van der Waals surface area (Å²) in [6, 6.07) is 4.37. The number of allylic oxidation sites excluding steroid dienone is 4. The fraction of sp³-hybridized carbons (Fsp3) is 0.550. The van der Waals surface area contributed by atoms with Gasteiger partial charge in [-0.3, -0.25) is 4.79 Å². The number of hydrogen-bond donors (Lipinski definition) is 0. The molecule has 0 N–H and O–H groups in total. The fourth-order valence-corrected chi connectivity index (χ4v) is 2.91. The molecule has 4 heteroatoms. The largest absolute Gasteiger partial charge is 0.453 e. The Bertz CT molecular complexity index is 659. The summed E-state index contributed by atoms with van der Waals surface area (Å²) in [6.07, 6.45) is 6.10. The Kier molecular flexibility index (Phi) is 7.29. The number of carbonyl (C=O) groups excluding carboxylic acids is 1. The maximum absolute atomic E-state index is 10.7. The third-order valence-corrected chi connectivity index (χ3v) is 4.03. The molecule has 0 spiro atoms. The maximum Gasteiger partial charge on any atom is 0.303 e. The Hall–Kier alpha value is -2.51. The number of ether oxygens (including phenoxy) is 1. The number of nitrogens with zero attached hydrogens (tertiary/aromatic N) is 2. The molecule has 0 bridgehead atoms. The smallest absolute Gasteiger partial charge is 0.303 e. The molecule has 1 rings (SSSR count). The molecule has 0 radical (unpaired) electrons. The minimum atomic E-state index is -1.25. The van der Waals surface area contributed by atoms with Gasteiger partial charge in [-0.1, -0.05) is 36.5 Å². The topological polar surface area (TPSA) is 73.9 Å². The van der Waals surface area contributed by atoms with Crippen molar-refractivity contribution < 1.29 is 9.53 Å². The fourth-order valence-electron chi connectivity index (χ4n) is 2.91. The van der Waals surface area contributed by atoms with Gasteiger partial charge in [0.2, 0.25) is 0 Å². The monoisotopic (exact) mass is 324 g/mol. The molecule has 0 aromatic carbocycles. The third kappa shape index (κ3) is 5.29. The molecule has 1 aliphatic rings. The van der Waals surface area contributed by atoms with E-state index < -0.39 is 11.4 Å². The van der Waals surface area contributed by atoms with E-state index in [2.05, 4.69) is 37.0 Å². The number of carbonyl (C=O) groups is 1. The zero-order valence-corrected chi connectivity index (χ0v) is 14.8. The van der Waals surface area contributed by atoms with Crippen LogP contribution in [0, 0.1) is 51.8 Å². The van der Waals surface area contributed by atoms with Gasteiger partial charge < -0.3 is 4.74 Å². The van der Waals surface area contributed by atoms with Gasteiger partial charge in [-0.05, 0) is 38.2 Å². The van der Waals surface area contributed by atoms with Crippen LogP contribution in [0.2, 0.25) is 0 Å². The van der Waals surface area contributed by atoms with Gasteiger partial charge in [0.25, 0.3) is 0 Å². The highest BCUT2D eigenvalue weighted by atomic mass is 16.5. The predicted octanol–water partition coefficient (Wildman–Crippen LogP) is 3.92. The van der Waals surface area contributed by atoms with E-state index in [1.165, 1.54) is 12.5 Å². The molecule has 0 fully saturated rings. The van der Waals surface area contributed by atoms with E-state index in [4.69, 9.17) is 4.74 Å². The maximum atomic E-state index is 10.7. The van der Waals surface area contributed by atoms with Gasteiger partial charge in [-0.15, -0.1) is 0 Å². The van der Waals surface area contributed by atoms with Crippen LogP contribution in [0.3, 0.4) is 0 Å². The summed E-state index contributed by atoms with van der Waals surface area (Å²) in [5.41, 5.74) is 0.777. The lowest BCUT2D eigenvalue weighted by Crippen LogP contribution is -2.27. The highest BCUT2D eigenvalue weighted by molar-refractivity contribution is 5.66. The van der Waals surface area contributed by atoms with Crippen LogP contribution in [-0.4, -0.2) is 12.6 Å². The third-order valence-electron chi connectivity index (χ3n) is 4.03. The average molecular weight is 324 g/mol. The molecular formula is C20H24N2O2. The molecule has 0 saturated heterocycles. The number of esters is 1. The lowest BCUT2D eigenvalue weighted by molar-refractivity contribution is -0.139. The average Bonchev–Trinajstić information content (AvgIpc) is 2.51. The molecule has 2 atom stereocenters. The Morgan fingerprint density at radius 3 is 2.54 bits per heavy atom. The molecular weight excluding hydrogens is 300 g/mol. The summed E-state index contributed by atoms with van der Waals surface area (Å²) in [4.78, 5) is 10.7. The zero-order valence-electron chi connectivity index (χ0n) is 14.8. The van der Waals surface area contributed by atoms with Gasteiger partial charge in [0.05, 0.1) is 12.1 Å². The highest BCUT2D eigenvalue weighted by Gasteiger charge is 2.39. The molecule has 0 saturated carbocycles. The van der Waals surface area contributed by atoms with Crippen LogP contribution in [0.15, 0.2) is 23.3 Å². The van der Waals surface area contributed by atoms with Crippen molar-refractivity contribution in [3.63, 3.8) is 0 Å². The van der Waals surface area contributed by atoms with E-state index in [-0.39, 0.29) is 18.9 Å². The summed E-state index contributed by atoms with van der Waals surface area (Å²) >= 11 is 0. The van der Waals surface area contributed by atoms with E-state index in [0.29, 0.717) is 5.92 Å². The van der Waals surface area contributed by atoms with Crippen molar-refractivity contribution in [1.82, 2.24) is 0 Å². The molecule has 0 heterocycles. The standard InChI is InChI=1S/C20H24N2O2/c1-15(2)11-18-12-16(3)7-8-19(18)20(13-21,14-22)9-5-6-10-24-17(4)23/h8,11,16,18H,7,9-10,12H2,1-4H3/t16-,18+/m0/s1. The van der Waals surface area contributed by atoms with Crippen LogP contribution in [0.1, 0.15) is 47.0 Å². The molecule has 0 aromatic rings. The number of hydrogen-bond acceptors (Lipinski definition) is 4. The first kappa shape index (κ1) is 19.5. The second-order valence-electron chi connectivity index (χ2n) is 6.53. The minimum Gasteiger partial charge on any atom is -0.453 e. The summed E-state index contributed by atoms with van der Waals surface area (Å²) in [5, 5.41) is 19.4. The van der Waals surface area contributed by atoms with Gasteiger partial charge in [-0.2, -0.15) is 10.5 Å². The first-order valence-electron chi connectivity index (χ1n) is 8.11. The Morgan fingerprint density at radius 1 is 1.33 bits per heavy atom. The molecule has 1 aliphatic carbocycles. The van der Waals surface area contributed by atoms with Crippen molar-refractivity contribution in [2.24, 2.45) is 17.3 Å². The number of nitriles is 2. The zero-order chi connectivity index (χ0) is 18.2. The molecule has 0 amide bonds. The SMILES string of the molecule is CC(=O)OCC#CCC(C#N)(C#N)C1=CC[C@H](C)C[C@H]1C=C(C)C. The predicted molar refractivity (Wildman–Crippen MR) is 92.1 cm³/mol.